The van der Waals surface area contributed by atoms with Crippen LogP contribution in [-0.2, 0) is 23.8 Å². The fraction of sp³-hybridized carbons (Fsp3) is 0.471. The van der Waals surface area contributed by atoms with Gasteiger partial charge in [-0.25, -0.2) is 4.79 Å². The Morgan fingerprint density at radius 2 is 2.12 bits per heavy atom. The van der Waals surface area contributed by atoms with Crippen molar-refractivity contribution >= 4 is 34.8 Å². The van der Waals surface area contributed by atoms with Crippen LogP contribution in [0.15, 0.2) is 12.3 Å². The average Bonchev–Trinajstić information content (AvgIpc) is 3.19. The minimum atomic E-state index is -0.906. The number of carboxylic acids is 1. The van der Waals surface area contributed by atoms with E-state index in [9.17, 15) is 14.7 Å². The Morgan fingerprint density at radius 3 is 2.73 bits per heavy atom. The first-order valence-corrected chi connectivity index (χ1v) is 9.58. The van der Waals surface area contributed by atoms with Crippen molar-refractivity contribution in [3.05, 3.63) is 38.3 Å². The van der Waals surface area contributed by atoms with E-state index in [0.717, 1.165) is 16.9 Å². The molecule has 138 valence electrons. The van der Waals surface area contributed by atoms with Gasteiger partial charge in [0.15, 0.2) is 5.69 Å². The maximum atomic E-state index is 12.7. The number of ether oxygens (including phenoxy) is 1. The number of carbonyl (C=O) groups excluding carboxylic acids is 1. The van der Waals surface area contributed by atoms with Crippen LogP contribution in [0.25, 0.3) is 0 Å². The zero-order valence-electron chi connectivity index (χ0n) is 14.2. The van der Waals surface area contributed by atoms with Crippen LogP contribution in [-0.4, -0.2) is 51.4 Å². The zero-order chi connectivity index (χ0) is 18.5. The van der Waals surface area contributed by atoms with Crippen LogP contribution in [0.4, 0.5) is 0 Å². The van der Waals surface area contributed by atoms with E-state index in [-0.39, 0.29) is 11.6 Å². The lowest BCUT2D eigenvalue weighted by Gasteiger charge is -2.43. The molecule has 2 aromatic heterocycles. The van der Waals surface area contributed by atoms with Gasteiger partial charge in [0.1, 0.15) is 4.88 Å². The molecule has 4 rings (SSSR count). The Balaban J connectivity index is 1.55. The third-order valence-corrected chi connectivity index (χ3v) is 6.52. The van der Waals surface area contributed by atoms with Gasteiger partial charge in [-0.05, 0) is 24.5 Å². The molecule has 0 aromatic carbocycles. The van der Waals surface area contributed by atoms with Crippen LogP contribution in [0.5, 0.6) is 0 Å². The number of fused-ring (bicyclic) bond motifs is 2. The van der Waals surface area contributed by atoms with Gasteiger partial charge >= 0.3 is 5.97 Å². The van der Waals surface area contributed by atoms with E-state index >= 15 is 0 Å². The summed E-state index contributed by atoms with van der Waals surface area (Å²) in [5.74, 6) is -1.09. The Kier molecular flexibility index (Phi) is 4.29. The van der Waals surface area contributed by atoms with E-state index < -0.39 is 11.6 Å². The average molecular weight is 396 g/mol. The first-order chi connectivity index (χ1) is 12.4. The lowest BCUT2D eigenvalue weighted by atomic mass is 9.82. The van der Waals surface area contributed by atoms with Gasteiger partial charge < -0.3 is 14.7 Å². The van der Waals surface area contributed by atoms with Crippen LogP contribution in [0, 0.1) is 0 Å². The molecule has 2 aliphatic rings. The van der Waals surface area contributed by atoms with Crippen molar-refractivity contribution < 1.29 is 19.4 Å². The third-order valence-electron chi connectivity index (χ3n) is 5.06. The number of aromatic nitrogens is 2. The van der Waals surface area contributed by atoms with Crippen LogP contribution in [0.1, 0.15) is 43.4 Å². The highest BCUT2D eigenvalue weighted by atomic mass is 35.5. The molecule has 1 saturated heterocycles. The minimum absolute atomic E-state index is 0.182. The number of hydrogen-bond donors (Lipinski definition) is 1. The summed E-state index contributed by atoms with van der Waals surface area (Å²) in [5.41, 5.74) is 0.746. The van der Waals surface area contributed by atoms with E-state index in [2.05, 4.69) is 5.10 Å². The van der Waals surface area contributed by atoms with Crippen molar-refractivity contribution in [1.29, 1.82) is 0 Å². The molecule has 1 amide bonds. The number of piperidine rings is 1. The highest BCUT2D eigenvalue weighted by Crippen LogP contribution is 2.44. The quantitative estimate of drug-likeness (QED) is 0.844. The Hall–Kier alpha value is -1.90. The Bertz CT molecular complexity index is 883. The van der Waals surface area contributed by atoms with E-state index in [1.807, 2.05) is 0 Å². The fourth-order valence-corrected chi connectivity index (χ4v) is 5.09. The summed E-state index contributed by atoms with van der Waals surface area (Å²) in [7, 11) is 1.72. The van der Waals surface area contributed by atoms with Gasteiger partial charge in [-0.15, -0.1) is 11.3 Å². The molecule has 1 N–H and O–H groups in total. The molecular weight excluding hydrogens is 378 g/mol. The van der Waals surface area contributed by atoms with E-state index in [1.165, 1.54) is 16.0 Å². The number of aryl methyl sites for hydroxylation is 1. The second-order valence-corrected chi connectivity index (χ2v) is 8.18. The number of nitrogens with zero attached hydrogens (tertiary/aromatic N) is 3. The summed E-state index contributed by atoms with van der Waals surface area (Å²) >= 11 is 7.42. The highest BCUT2D eigenvalue weighted by molar-refractivity contribution is 7.14. The predicted octanol–water partition coefficient (Wildman–Crippen LogP) is 2.54. The SMILES string of the molecule is Cn1cc(Cl)c(C(=O)N2CCC3(CC2)OCCc2sc(C(=O)O)cc23)n1. The first-order valence-electron chi connectivity index (χ1n) is 8.38. The zero-order valence-corrected chi connectivity index (χ0v) is 15.8. The minimum Gasteiger partial charge on any atom is -0.477 e. The molecule has 0 bridgehead atoms. The number of hydrogen-bond acceptors (Lipinski definition) is 5. The predicted molar refractivity (Wildman–Crippen MR) is 96.0 cm³/mol. The number of carbonyl (C=O) groups is 2. The number of rotatable bonds is 2. The van der Waals surface area contributed by atoms with Gasteiger partial charge in [-0.2, -0.15) is 5.10 Å². The van der Waals surface area contributed by atoms with Gasteiger partial charge in [-0.3, -0.25) is 9.48 Å². The van der Waals surface area contributed by atoms with E-state index in [4.69, 9.17) is 16.3 Å². The molecule has 1 fully saturated rings. The molecule has 0 unspecified atom stereocenters. The highest BCUT2D eigenvalue weighted by Gasteiger charge is 2.43. The standard InChI is InChI=1S/C17H18ClN3O4S/c1-20-9-11(18)14(19-20)15(22)21-5-3-17(4-6-21)10-8-13(16(23)24)26-12(10)2-7-25-17/h8-9H,2-7H2,1H3,(H,23,24). The molecule has 0 saturated carbocycles. The number of thiophene rings is 1. The monoisotopic (exact) mass is 395 g/mol. The van der Waals surface area contributed by atoms with Gasteiger partial charge in [0.05, 0.1) is 17.2 Å². The normalized spacial score (nSPS) is 18.8. The smallest absolute Gasteiger partial charge is 0.345 e. The lowest BCUT2D eigenvalue weighted by Crippen LogP contribution is -2.48. The van der Waals surface area contributed by atoms with Crippen molar-refractivity contribution in [2.24, 2.45) is 7.05 Å². The molecule has 2 aromatic rings. The molecule has 4 heterocycles. The lowest BCUT2D eigenvalue weighted by molar-refractivity contribution is -0.0927. The number of aromatic carboxylic acids is 1. The number of halogens is 1. The summed E-state index contributed by atoms with van der Waals surface area (Å²) in [6.07, 6.45) is 3.61. The number of amides is 1. The maximum absolute atomic E-state index is 12.7. The van der Waals surface area contributed by atoms with Crippen LogP contribution in [0.3, 0.4) is 0 Å². The Morgan fingerprint density at radius 1 is 1.38 bits per heavy atom. The largest absolute Gasteiger partial charge is 0.477 e. The van der Waals surface area contributed by atoms with Gasteiger partial charge in [0.25, 0.3) is 5.91 Å². The Labute approximate surface area is 159 Å². The second-order valence-electron chi connectivity index (χ2n) is 6.64. The number of likely N-dealkylation sites (tertiary alicyclic amines) is 1. The van der Waals surface area contributed by atoms with Crippen LogP contribution in [0.2, 0.25) is 5.02 Å². The van der Waals surface area contributed by atoms with Crippen molar-refractivity contribution in [3.63, 3.8) is 0 Å². The van der Waals surface area contributed by atoms with E-state index in [0.29, 0.717) is 42.4 Å². The number of carboxylic acid groups (broad SMARTS) is 1. The molecule has 0 radical (unpaired) electrons. The van der Waals surface area contributed by atoms with Crippen molar-refractivity contribution in [2.75, 3.05) is 19.7 Å². The third kappa shape index (κ3) is 2.82. The summed E-state index contributed by atoms with van der Waals surface area (Å²) in [6, 6.07) is 1.74. The van der Waals surface area contributed by atoms with E-state index in [1.54, 1.807) is 24.2 Å². The van der Waals surface area contributed by atoms with Gasteiger partial charge in [-0.1, -0.05) is 11.6 Å². The molecule has 9 heteroatoms. The molecule has 1 spiro atoms. The fourth-order valence-electron chi connectivity index (χ4n) is 3.76. The summed E-state index contributed by atoms with van der Waals surface area (Å²) in [5, 5.41) is 13.8. The molecule has 26 heavy (non-hydrogen) atoms. The summed E-state index contributed by atoms with van der Waals surface area (Å²) in [4.78, 5) is 27.2. The topological polar surface area (TPSA) is 84.7 Å². The molecular formula is C17H18ClN3O4S. The second kappa shape index (κ2) is 6.37. The van der Waals surface area contributed by atoms with Crippen molar-refractivity contribution in [3.8, 4) is 0 Å². The summed E-state index contributed by atoms with van der Waals surface area (Å²) < 4.78 is 7.64. The molecule has 0 atom stereocenters. The van der Waals surface area contributed by atoms with Crippen LogP contribution < -0.4 is 0 Å². The first kappa shape index (κ1) is 17.5. The van der Waals surface area contributed by atoms with Gasteiger partial charge in [0.2, 0.25) is 0 Å². The maximum Gasteiger partial charge on any atom is 0.345 e. The van der Waals surface area contributed by atoms with Gasteiger partial charge in [0, 0.05) is 37.6 Å². The van der Waals surface area contributed by atoms with Crippen molar-refractivity contribution in [2.45, 2.75) is 24.9 Å². The molecule has 0 aliphatic carbocycles. The van der Waals surface area contributed by atoms with Crippen molar-refractivity contribution in [1.82, 2.24) is 14.7 Å². The molecule has 7 nitrogen and oxygen atoms in total. The molecule has 2 aliphatic heterocycles. The summed E-state index contributed by atoms with van der Waals surface area (Å²) in [6.45, 7) is 1.61. The van der Waals surface area contributed by atoms with Crippen LogP contribution >= 0.6 is 22.9 Å².